The van der Waals surface area contributed by atoms with Crippen LogP contribution in [0.15, 0.2) is 60.0 Å². The zero-order valence-electron chi connectivity index (χ0n) is 13.3. The Labute approximate surface area is 144 Å². The van der Waals surface area contributed by atoms with Crippen LogP contribution < -0.4 is 4.74 Å². The van der Waals surface area contributed by atoms with Gasteiger partial charge >= 0.3 is 5.97 Å². The molecule has 2 aromatic carbocycles. The average Bonchev–Trinajstić information content (AvgIpc) is 3.12. The topological polar surface area (TPSA) is 48.4 Å². The molecule has 4 nitrogen and oxygen atoms in total. The number of hydrogen-bond donors (Lipinski definition) is 0. The third-order valence-electron chi connectivity index (χ3n) is 3.32. The number of rotatable bonds is 6. The Morgan fingerprint density at radius 1 is 1.12 bits per heavy atom. The third kappa shape index (κ3) is 4.00. The minimum Gasteiger partial charge on any atom is -0.489 e. The van der Waals surface area contributed by atoms with Crippen LogP contribution in [-0.4, -0.2) is 17.6 Å². The van der Waals surface area contributed by atoms with E-state index in [1.807, 2.05) is 54.6 Å². The largest absolute Gasteiger partial charge is 0.489 e. The molecule has 0 saturated carbocycles. The van der Waals surface area contributed by atoms with E-state index in [9.17, 15) is 4.79 Å². The van der Waals surface area contributed by atoms with Gasteiger partial charge in [0.25, 0.3) is 0 Å². The van der Waals surface area contributed by atoms with E-state index >= 15 is 0 Å². The van der Waals surface area contributed by atoms with Crippen molar-refractivity contribution in [2.75, 3.05) is 6.61 Å². The van der Waals surface area contributed by atoms with Crippen LogP contribution in [0.1, 0.15) is 23.0 Å². The molecule has 1 heterocycles. The highest BCUT2D eigenvalue weighted by atomic mass is 32.1. The molecule has 0 aliphatic rings. The van der Waals surface area contributed by atoms with E-state index in [1.165, 1.54) is 11.3 Å². The maximum Gasteiger partial charge on any atom is 0.357 e. The molecule has 5 heteroatoms. The summed E-state index contributed by atoms with van der Waals surface area (Å²) >= 11 is 1.41. The molecule has 0 amide bonds. The molecular formula is C19H17NO3S. The number of carbonyl (C=O) groups is 1. The molecule has 1 aromatic heterocycles. The number of esters is 1. The van der Waals surface area contributed by atoms with Crippen molar-refractivity contribution in [3.05, 3.63) is 71.2 Å². The second kappa shape index (κ2) is 7.75. The van der Waals surface area contributed by atoms with Gasteiger partial charge in [0.05, 0.1) is 6.61 Å². The Kier molecular flexibility index (Phi) is 5.23. The summed E-state index contributed by atoms with van der Waals surface area (Å²) in [4.78, 5) is 16.1. The molecule has 0 saturated heterocycles. The van der Waals surface area contributed by atoms with Crippen LogP contribution in [-0.2, 0) is 11.3 Å². The van der Waals surface area contributed by atoms with Crippen LogP contribution in [0.2, 0.25) is 0 Å². The van der Waals surface area contributed by atoms with Gasteiger partial charge in [-0.1, -0.05) is 42.5 Å². The Hall–Kier alpha value is -2.66. The number of aromatic nitrogens is 1. The Balaban J connectivity index is 1.72. The second-order valence-corrected chi connectivity index (χ2v) is 5.92. The molecule has 0 aliphatic carbocycles. The number of ether oxygens (including phenoxy) is 2. The highest BCUT2D eigenvalue weighted by Crippen LogP contribution is 2.27. The summed E-state index contributed by atoms with van der Waals surface area (Å²) in [5.74, 6) is 0.376. The summed E-state index contributed by atoms with van der Waals surface area (Å²) < 4.78 is 10.8. The molecule has 3 rings (SSSR count). The van der Waals surface area contributed by atoms with Gasteiger partial charge in [0.1, 0.15) is 17.4 Å². The highest BCUT2D eigenvalue weighted by Gasteiger charge is 2.13. The standard InChI is InChI=1S/C19H17NO3S/c1-2-22-19(21)17-13-24-18(20-17)15-9-6-10-16(11-15)23-12-14-7-4-3-5-8-14/h3-11,13H,2,12H2,1H3. The smallest absolute Gasteiger partial charge is 0.357 e. The fourth-order valence-electron chi connectivity index (χ4n) is 2.16. The van der Waals surface area contributed by atoms with Crippen LogP contribution in [0.25, 0.3) is 10.6 Å². The van der Waals surface area contributed by atoms with Crippen LogP contribution >= 0.6 is 11.3 Å². The van der Waals surface area contributed by atoms with Gasteiger partial charge in [-0.05, 0) is 24.6 Å². The minimum atomic E-state index is -0.392. The zero-order valence-corrected chi connectivity index (χ0v) is 14.1. The van der Waals surface area contributed by atoms with E-state index in [-0.39, 0.29) is 0 Å². The predicted octanol–water partition coefficient (Wildman–Crippen LogP) is 4.57. The van der Waals surface area contributed by atoms with Gasteiger partial charge < -0.3 is 9.47 Å². The molecule has 0 aliphatic heterocycles. The van der Waals surface area contributed by atoms with Crippen molar-refractivity contribution in [3.63, 3.8) is 0 Å². The number of benzene rings is 2. The van der Waals surface area contributed by atoms with Crippen molar-refractivity contribution in [2.24, 2.45) is 0 Å². The summed E-state index contributed by atoms with van der Waals surface area (Å²) in [7, 11) is 0. The molecule has 0 unspecified atom stereocenters. The van der Waals surface area contributed by atoms with Crippen LogP contribution in [0.5, 0.6) is 5.75 Å². The number of nitrogens with zero attached hydrogens (tertiary/aromatic N) is 1. The maximum absolute atomic E-state index is 11.7. The van der Waals surface area contributed by atoms with E-state index in [2.05, 4.69) is 4.98 Å². The Morgan fingerprint density at radius 3 is 2.75 bits per heavy atom. The lowest BCUT2D eigenvalue weighted by Gasteiger charge is -2.07. The first-order chi connectivity index (χ1) is 11.8. The van der Waals surface area contributed by atoms with Crippen molar-refractivity contribution in [2.45, 2.75) is 13.5 Å². The van der Waals surface area contributed by atoms with E-state index in [4.69, 9.17) is 9.47 Å². The summed E-state index contributed by atoms with van der Waals surface area (Å²) in [6.45, 7) is 2.63. The summed E-state index contributed by atoms with van der Waals surface area (Å²) in [5.41, 5.74) is 2.37. The molecule has 0 spiro atoms. The molecular weight excluding hydrogens is 322 g/mol. The van der Waals surface area contributed by atoms with Crippen LogP contribution in [0.3, 0.4) is 0 Å². The van der Waals surface area contributed by atoms with Gasteiger partial charge in [-0.2, -0.15) is 0 Å². The summed E-state index contributed by atoms with van der Waals surface area (Å²) in [5, 5.41) is 2.48. The fraction of sp³-hybridized carbons (Fsp3) is 0.158. The molecule has 0 atom stereocenters. The van der Waals surface area contributed by atoms with Crippen molar-refractivity contribution in [1.82, 2.24) is 4.98 Å². The molecule has 122 valence electrons. The van der Waals surface area contributed by atoms with Crippen molar-refractivity contribution in [3.8, 4) is 16.3 Å². The molecule has 0 bridgehead atoms. The quantitative estimate of drug-likeness (QED) is 0.618. The Morgan fingerprint density at radius 2 is 1.96 bits per heavy atom. The predicted molar refractivity (Wildman–Crippen MR) is 94.3 cm³/mol. The van der Waals surface area contributed by atoms with Crippen LogP contribution in [0, 0.1) is 0 Å². The van der Waals surface area contributed by atoms with Gasteiger partial charge in [0.15, 0.2) is 5.69 Å². The highest BCUT2D eigenvalue weighted by molar-refractivity contribution is 7.13. The van der Waals surface area contributed by atoms with Crippen molar-refractivity contribution in [1.29, 1.82) is 0 Å². The lowest BCUT2D eigenvalue weighted by Crippen LogP contribution is -2.04. The number of carbonyl (C=O) groups excluding carboxylic acids is 1. The lowest BCUT2D eigenvalue weighted by molar-refractivity contribution is 0.0520. The third-order valence-corrected chi connectivity index (χ3v) is 4.21. The normalized spacial score (nSPS) is 10.4. The minimum absolute atomic E-state index is 0.340. The van der Waals surface area contributed by atoms with Crippen molar-refractivity contribution < 1.29 is 14.3 Å². The van der Waals surface area contributed by atoms with E-state index < -0.39 is 5.97 Å². The maximum atomic E-state index is 11.7. The van der Waals surface area contributed by atoms with E-state index in [0.29, 0.717) is 18.9 Å². The van der Waals surface area contributed by atoms with Gasteiger partial charge in [-0.3, -0.25) is 0 Å². The number of thiazole rings is 1. The molecule has 0 radical (unpaired) electrons. The van der Waals surface area contributed by atoms with Gasteiger partial charge in [-0.15, -0.1) is 11.3 Å². The number of hydrogen-bond acceptors (Lipinski definition) is 5. The van der Waals surface area contributed by atoms with Gasteiger partial charge in [-0.25, -0.2) is 9.78 Å². The van der Waals surface area contributed by atoms with E-state index in [1.54, 1.807) is 12.3 Å². The molecule has 0 N–H and O–H groups in total. The zero-order chi connectivity index (χ0) is 16.8. The Bertz CT molecular complexity index is 814. The monoisotopic (exact) mass is 339 g/mol. The first-order valence-electron chi connectivity index (χ1n) is 7.66. The van der Waals surface area contributed by atoms with Crippen LogP contribution in [0.4, 0.5) is 0 Å². The first-order valence-corrected chi connectivity index (χ1v) is 8.54. The molecule has 24 heavy (non-hydrogen) atoms. The fourth-order valence-corrected chi connectivity index (χ4v) is 2.95. The first kappa shape index (κ1) is 16.2. The summed E-state index contributed by atoms with van der Waals surface area (Å²) in [6.07, 6.45) is 0. The lowest BCUT2D eigenvalue weighted by atomic mass is 10.2. The second-order valence-electron chi connectivity index (χ2n) is 5.06. The van der Waals surface area contributed by atoms with Gasteiger partial charge in [0.2, 0.25) is 0 Å². The molecule has 3 aromatic rings. The van der Waals surface area contributed by atoms with Gasteiger partial charge in [0, 0.05) is 10.9 Å². The SMILES string of the molecule is CCOC(=O)c1csc(-c2cccc(OCc3ccccc3)c2)n1. The summed E-state index contributed by atoms with van der Waals surface area (Å²) in [6, 6.07) is 17.7. The van der Waals surface area contributed by atoms with Crippen molar-refractivity contribution >= 4 is 17.3 Å². The average molecular weight is 339 g/mol. The molecule has 0 fully saturated rings. The van der Waals surface area contributed by atoms with E-state index in [0.717, 1.165) is 21.9 Å².